The van der Waals surface area contributed by atoms with Crippen LogP contribution in [0.15, 0.2) is 48.5 Å². The number of esters is 1. The molecule has 0 fully saturated rings. The molecule has 0 N–H and O–H groups in total. The third-order valence-electron chi connectivity index (χ3n) is 2.76. The van der Waals surface area contributed by atoms with E-state index in [0.717, 1.165) is 16.7 Å². The predicted molar refractivity (Wildman–Crippen MR) is 74.9 cm³/mol. The van der Waals surface area contributed by atoms with E-state index >= 15 is 0 Å². The molecule has 0 unspecified atom stereocenters. The number of carbonyl (C=O) groups is 1. The van der Waals surface area contributed by atoms with Crippen molar-refractivity contribution < 1.29 is 9.53 Å². The average molecular weight is 250 g/mol. The maximum Gasteiger partial charge on any atom is 0.338 e. The normalized spacial score (nSPS) is 9.37. The molecule has 2 aromatic carbocycles. The highest BCUT2D eigenvalue weighted by atomic mass is 16.5. The number of carbonyl (C=O) groups excluding carboxylic acids is 1. The fraction of sp³-hybridized carbons (Fsp3) is 0.118. The summed E-state index contributed by atoms with van der Waals surface area (Å²) < 4.78 is 4.71. The van der Waals surface area contributed by atoms with Gasteiger partial charge in [-0.1, -0.05) is 30.0 Å². The van der Waals surface area contributed by atoms with Crippen LogP contribution in [0, 0.1) is 18.8 Å². The van der Waals surface area contributed by atoms with E-state index in [0.29, 0.717) is 5.56 Å². The summed E-state index contributed by atoms with van der Waals surface area (Å²) in [5.41, 5.74) is 3.30. The molecule has 19 heavy (non-hydrogen) atoms. The lowest BCUT2D eigenvalue weighted by Gasteiger charge is -2.03. The molecular formula is C17H14O2. The Labute approximate surface area is 113 Å². The van der Waals surface area contributed by atoms with Crippen LogP contribution in [0.2, 0.25) is 0 Å². The molecule has 94 valence electrons. The van der Waals surface area contributed by atoms with Crippen molar-refractivity contribution in [1.82, 2.24) is 0 Å². The molecule has 2 heteroatoms. The molecule has 0 aliphatic heterocycles. The first kappa shape index (κ1) is 12.9. The molecule has 2 rings (SSSR count). The fourth-order valence-corrected chi connectivity index (χ4v) is 1.75. The molecule has 0 bridgehead atoms. The molecule has 0 atom stereocenters. The topological polar surface area (TPSA) is 26.3 Å². The molecule has 0 spiro atoms. The van der Waals surface area contributed by atoms with Crippen LogP contribution in [-0.4, -0.2) is 13.1 Å². The number of aryl methyl sites for hydroxylation is 1. The Morgan fingerprint density at radius 1 is 1.00 bits per heavy atom. The number of hydrogen-bond acceptors (Lipinski definition) is 2. The number of hydrogen-bond donors (Lipinski definition) is 0. The van der Waals surface area contributed by atoms with E-state index in [4.69, 9.17) is 4.74 Å². The summed E-state index contributed by atoms with van der Waals surface area (Å²) in [5.74, 6) is 5.85. The van der Waals surface area contributed by atoms with Crippen molar-refractivity contribution in [2.75, 3.05) is 7.11 Å². The summed E-state index contributed by atoms with van der Waals surface area (Å²) in [4.78, 5) is 11.5. The summed E-state index contributed by atoms with van der Waals surface area (Å²) in [5, 5.41) is 0. The Morgan fingerprint density at radius 2 is 1.68 bits per heavy atom. The average Bonchev–Trinajstić information content (AvgIpc) is 2.45. The molecule has 2 nitrogen and oxygen atoms in total. The largest absolute Gasteiger partial charge is 0.465 e. The molecule has 0 amide bonds. The third-order valence-corrected chi connectivity index (χ3v) is 2.76. The van der Waals surface area contributed by atoms with Crippen LogP contribution in [0.4, 0.5) is 0 Å². The van der Waals surface area contributed by atoms with Crippen LogP contribution in [0.25, 0.3) is 0 Å². The van der Waals surface area contributed by atoms with Gasteiger partial charge in [0.15, 0.2) is 0 Å². The van der Waals surface area contributed by atoms with Crippen LogP contribution in [-0.2, 0) is 4.74 Å². The summed E-state index contributed by atoms with van der Waals surface area (Å²) in [6, 6.07) is 15.3. The van der Waals surface area contributed by atoms with E-state index in [1.807, 2.05) is 49.4 Å². The summed E-state index contributed by atoms with van der Waals surface area (Å²) in [6.45, 7) is 1.87. The Kier molecular flexibility index (Phi) is 4.00. The standard InChI is InChI=1S/C17H14O2/c1-13-12-15(10-11-16(13)17(18)19-2)9-8-14-6-4-3-5-7-14/h3-7,10-12H,1-2H3. The third kappa shape index (κ3) is 3.23. The van der Waals surface area contributed by atoms with E-state index < -0.39 is 0 Å². The molecule has 0 aliphatic carbocycles. The maximum atomic E-state index is 11.5. The highest BCUT2D eigenvalue weighted by molar-refractivity contribution is 5.91. The van der Waals surface area contributed by atoms with Gasteiger partial charge in [0.2, 0.25) is 0 Å². The summed E-state index contributed by atoms with van der Waals surface area (Å²) >= 11 is 0. The lowest BCUT2D eigenvalue weighted by Crippen LogP contribution is -2.03. The molecule has 0 aliphatic rings. The number of ether oxygens (including phenoxy) is 1. The van der Waals surface area contributed by atoms with Gasteiger partial charge in [0.05, 0.1) is 12.7 Å². The van der Waals surface area contributed by atoms with Crippen LogP contribution < -0.4 is 0 Å². The van der Waals surface area contributed by atoms with Crippen LogP contribution in [0.1, 0.15) is 27.0 Å². The van der Waals surface area contributed by atoms with Crippen molar-refractivity contribution >= 4 is 5.97 Å². The first-order valence-corrected chi connectivity index (χ1v) is 5.97. The minimum atomic E-state index is -0.319. The van der Waals surface area contributed by atoms with Gasteiger partial charge in [-0.25, -0.2) is 4.79 Å². The Bertz CT molecular complexity index is 646. The predicted octanol–water partition coefficient (Wildman–Crippen LogP) is 3.18. The van der Waals surface area contributed by atoms with Gasteiger partial charge in [-0.3, -0.25) is 0 Å². The second-order valence-electron chi connectivity index (χ2n) is 4.14. The van der Waals surface area contributed by atoms with E-state index in [1.54, 1.807) is 6.07 Å². The monoisotopic (exact) mass is 250 g/mol. The summed E-state index contributed by atoms with van der Waals surface area (Å²) in [6.07, 6.45) is 0. The fourth-order valence-electron chi connectivity index (χ4n) is 1.75. The second-order valence-corrected chi connectivity index (χ2v) is 4.14. The summed E-state index contributed by atoms with van der Waals surface area (Å²) in [7, 11) is 1.38. The zero-order valence-electron chi connectivity index (χ0n) is 10.9. The van der Waals surface area contributed by atoms with Gasteiger partial charge in [-0.15, -0.1) is 0 Å². The van der Waals surface area contributed by atoms with Crippen molar-refractivity contribution in [1.29, 1.82) is 0 Å². The molecule has 0 aromatic heterocycles. The Balaban J connectivity index is 2.27. The number of methoxy groups -OCH3 is 1. The Hall–Kier alpha value is -2.53. The molecule has 0 heterocycles. The molecule has 0 saturated heterocycles. The van der Waals surface area contributed by atoms with Crippen LogP contribution in [0.3, 0.4) is 0 Å². The zero-order chi connectivity index (χ0) is 13.7. The maximum absolute atomic E-state index is 11.5. The minimum absolute atomic E-state index is 0.319. The first-order chi connectivity index (χ1) is 9.20. The number of benzene rings is 2. The Morgan fingerprint density at radius 3 is 2.32 bits per heavy atom. The van der Waals surface area contributed by atoms with Gasteiger partial charge in [0, 0.05) is 11.1 Å². The minimum Gasteiger partial charge on any atom is -0.465 e. The van der Waals surface area contributed by atoms with Gasteiger partial charge in [-0.2, -0.15) is 0 Å². The smallest absolute Gasteiger partial charge is 0.338 e. The lowest BCUT2D eigenvalue weighted by atomic mass is 10.1. The second kappa shape index (κ2) is 5.88. The molecule has 0 radical (unpaired) electrons. The van der Waals surface area contributed by atoms with Gasteiger partial charge in [0.1, 0.15) is 0 Å². The quantitative estimate of drug-likeness (QED) is 0.574. The van der Waals surface area contributed by atoms with E-state index in [2.05, 4.69) is 11.8 Å². The van der Waals surface area contributed by atoms with Crippen LogP contribution >= 0.6 is 0 Å². The molecule has 0 saturated carbocycles. The highest BCUT2D eigenvalue weighted by Crippen LogP contribution is 2.11. The lowest BCUT2D eigenvalue weighted by molar-refractivity contribution is 0.0600. The number of rotatable bonds is 1. The molecule has 2 aromatic rings. The first-order valence-electron chi connectivity index (χ1n) is 5.97. The van der Waals surface area contributed by atoms with E-state index in [-0.39, 0.29) is 5.97 Å². The van der Waals surface area contributed by atoms with Gasteiger partial charge >= 0.3 is 5.97 Å². The highest BCUT2D eigenvalue weighted by Gasteiger charge is 2.08. The SMILES string of the molecule is COC(=O)c1ccc(C#Cc2ccccc2)cc1C. The van der Waals surface area contributed by atoms with Crippen molar-refractivity contribution in [2.45, 2.75) is 6.92 Å². The van der Waals surface area contributed by atoms with Gasteiger partial charge in [-0.05, 0) is 42.8 Å². The van der Waals surface area contributed by atoms with E-state index in [9.17, 15) is 4.79 Å². The van der Waals surface area contributed by atoms with Crippen molar-refractivity contribution in [3.05, 3.63) is 70.8 Å². The van der Waals surface area contributed by atoms with Crippen LogP contribution in [0.5, 0.6) is 0 Å². The van der Waals surface area contributed by atoms with Crippen molar-refractivity contribution in [3.8, 4) is 11.8 Å². The van der Waals surface area contributed by atoms with Crippen molar-refractivity contribution in [3.63, 3.8) is 0 Å². The van der Waals surface area contributed by atoms with E-state index in [1.165, 1.54) is 7.11 Å². The van der Waals surface area contributed by atoms with Gasteiger partial charge < -0.3 is 4.74 Å². The van der Waals surface area contributed by atoms with Gasteiger partial charge in [0.25, 0.3) is 0 Å². The zero-order valence-corrected chi connectivity index (χ0v) is 10.9. The molecular weight excluding hydrogens is 236 g/mol. The van der Waals surface area contributed by atoms with Crippen molar-refractivity contribution in [2.24, 2.45) is 0 Å².